The van der Waals surface area contributed by atoms with Gasteiger partial charge in [0.05, 0.1) is 0 Å². The van der Waals surface area contributed by atoms with Crippen LogP contribution in [-0.2, 0) is 27.9 Å². The first-order chi connectivity index (χ1) is 17.1. The van der Waals surface area contributed by atoms with Gasteiger partial charge in [0.1, 0.15) is 11.3 Å². The number of fused-ring (bicyclic) bond motifs is 2. The molecule has 0 bridgehead atoms. The second-order valence-corrected chi connectivity index (χ2v) is 9.83. The Kier molecular flexibility index (Phi) is 7.65. The smallest absolute Gasteiger partial charge is 0.437 e. The third-order valence-electron chi connectivity index (χ3n) is 5.65. The highest BCUT2D eigenvalue weighted by atomic mass is 32.2. The van der Waals surface area contributed by atoms with Crippen LogP contribution in [0.1, 0.15) is 29.9 Å². The molecule has 0 aliphatic carbocycles. The molecule has 36 heavy (non-hydrogen) atoms. The number of carbonyl (C=O) groups is 1. The Hall–Kier alpha value is -3.38. The molecule has 0 fully saturated rings. The number of halogens is 3. The highest BCUT2D eigenvalue weighted by molar-refractivity contribution is 7.88. The van der Waals surface area contributed by atoms with E-state index in [4.69, 9.17) is 4.42 Å². The molecule has 4 rings (SSSR count). The Labute approximate surface area is 205 Å². The van der Waals surface area contributed by atoms with Gasteiger partial charge in [-0.2, -0.15) is 21.6 Å². The molecule has 12 heteroatoms. The maximum Gasteiger partial charge on any atom is 0.534 e. The summed E-state index contributed by atoms with van der Waals surface area (Å²) in [7, 11) is -5.71. The fraction of sp³-hybridized carbons (Fsp3) is 0.333. The van der Waals surface area contributed by atoms with Crippen LogP contribution in [-0.4, -0.2) is 49.4 Å². The van der Waals surface area contributed by atoms with Crippen molar-refractivity contribution in [3.05, 3.63) is 65.6 Å². The number of hydrogen-bond acceptors (Lipinski definition) is 7. The second-order valence-electron chi connectivity index (χ2n) is 8.29. The third kappa shape index (κ3) is 6.43. The fourth-order valence-corrected chi connectivity index (χ4v) is 4.30. The van der Waals surface area contributed by atoms with Crippen LogP contribution < -0.4 is 9.50 Å². The molecule has 1 aliphatic heterocycles. The summed E-state index contributed by atoms with van der Waals surface area (Å²) in [4.78, 5) is 18.4. The Morgan fingerprint density at radius 2 is 1.97 bits per heavy atom. The average Bonchev–Trinajstić information content (AvgIpc) is 3.24. The number of unbranched alkanes of at least 4 members (excludes halogenated alkanes) is 1. The number of amides is 1. The van der Waals surface area contributed by atoms with E-state index >= 15 is 0 Å². The minimum absolute atomic E-state index is 0.259. The summed E-state index contributed by atoms with van der Waals surface area (Å²) in [5.74, 6) is -0.270. The van der Waals surface area contributed by atoms with Crippen LogP contribution >= 0.6 is 0 Å². The van der Waals surface area contributed by atoms with Crippen LogP contribution in [0.4, 0.5) is 13.2 Å². The third-order valence-corrected chi connectivity index (χ3v) is 6.63. The van der Waals surface area contributed by atoms with Crippen molar-refractivity contribution in [2.75, 3.05) is 19.6 Å². The topological polar surface area (TPSA) is 102 Å². The molecule has 0 atom stereocenters. The molecule has 8 nitrogen and oxygen atoms in total. The lowest BCUT2D eigenvalue weighted by Gasteiger charge is -2.29. The fourth-order valence-electron chi connectivity index (χ4n) is 3.85. The first-order valence-corrected chi connectivity index (χ1v) is 12.7. The van der Waals surface area contributed by atoms with Crippen molar-refractivity contribution < 1.29 is 35.0 Å². The number of aromatic nitrogens is 1. The normalized spacial score (nSPS) is 14.8. The summed E-state index contributed by atoms with van der Waals surface area (Å²) in [6.07, 6.45) is 5.10. The van der Waals surface area contributed by atoms with Crippen LogP contribution in [0.3, 0.4) is 0 Å². The average molecular weight is 524 g/mol. The number of carbonyl (C=O) groups excluding carboxylic acids is 1. The number of benzene rings is 2. The van der Waals surface area contributed by atoms with E-state index in [0.29, 0.717) is 36.5 Å². The van der Waals surface area contributed by atoms with Crippen molar-refractivity contribution in [3.8, 4) is 5.75 Å². The minimum Gasteiger partial charge on any atom is -0.437 e. The van der Waals surface area contributed by atoms with E-state index in [-0.39, 0.29) is 11.7 Å². The van der Waals surface area contributed by atoms with E-state index in [1.807, 2.05) is 18.2 Å². The molecule has 1 N–H and O–H groups in total. The number of nitrogens with zero attached hydrogens (tertiary/aromatic N) is 2. The van der Waals surface area contributed by atoms with Crippen LogP contribution in [0.25, 0.3) is 17.2 Å². The lowest BCUT2D eigenvalue weighted by atomic mass is 9.99. The lowest BCUT2D eigenvalue weighted by Crippen LogP contribution is -2.32. The van der Waals surface area contributed by atoms with Crippen LogP contribution in [0.2, 0.25) is 0 Å². The monoisotopic (exact) mass is 523 g/mol. The van der Waals surface area contributed by atoms with E-state index in [1.54, 1.807) is 12.1 Å². The van der Waals surface area contributed by atoms with Crippen LogP contribution in [0.5, 0.6) is 5.75 Å². The molecule has 1 aromatic heterocycles. The number of hydrogen-bond donors (Lipinski definition) is 1. The van der Waals surface area contributed by atoms with Crippen LogP contribution in [0.15, 0.2) is 53.0 Å². The number of oxazole rings is 1. The van der Waals surface area contributed by atoms with Crippen molar-refractivity contribution in [1.29, 1.82) is 0 Å². The van der Waals surface area contributed by atoms with Gasteiger partial charge < -0.3 is 13.9 Å². The Balaban J connectivity index is 1.19. The SMILES string of the molecule is O=C(/C=C/c1nc2ccccc2o1)NCCCCN1CCc2ccc(OS(=O)(=O)C(F)(F)F)cc2C1. The molecule has 2 aromatic carbocycles. The van der Waals surface area contributed by atoms with E-state index < -0.39 is 15.6 Å². The number of rotatable bonds is 9. The van der Waals surface area contributed by atoms with Gasteiger partial charge in [-0.05, 0) is 61.2 Å². The second kappa shape index (κ2) is 10.7. The molecule has 192 valence electrons. The zero-order valence-corrected chi connectivity index (χ0v) is 19.9. The van der Waals surface area contributed by atoms with Crippen molar-refractivity contribution in [2.45, 2.75) is 31.3 Å². The van der Waals surface area contributed by atoms with Crippen molar-refractivity contribution in [1.82, 2.24) is 15.2 Å². The highest BCUT2D eigenvalue weighted by Gasteiger charge is 2.48. The van der Waals surface area contributed by atoms with E-state index in [1.165, 1.54) is 24.3 Å². The van der Waals surface area contributed by atoms with Gasteiger partial charge in [0.25, 0.3) is 0 Å². The molecular formula is C24H24F3N3O5S. The predicted octanol–water partition coefficient (Wildman–Crippen LogP) is 4.02. The largest absolute Gasteiger partial charge is 0.534 e. The summed E-state index contributed by atoms with van der Waals surface area (Å²) < 4.78 is 70.0. The molecular weight excluding hydrogens is 499 g/mol. The molecule has 3 aromatic rings. The summed E-state index contributed by atoms with van der Waals surface area (Å²) >= 11 is 0. The molecule has 0 radical (unpaired) electrons. The van der Waals surface area contributed by atoms with Crippen molar-refractivity contribution in [2.24, 2.45) is 0 Å². The Morgan fingerprint density at radius 3 is 2.75 bits per heavy atom. The quantitative estimate of drug-likeness (QED) is 0.196. The van der Waals surface area contributed by atoms with Gasteiger partial charge >= 0.3 is 15.6 Å². The summed E-state index contributed by atoms with van der Waals surface area (Å²) in [5, 5.41) is 2.80. The number of para-hydroxylation sites is 2. The Morgan fingerprint density at radius 1 is 1.17 bits per heavy atom. The van der Waals surface area contributed by atoms with Crippen molar-refractivity contribution >= 4 is 33.2 Å². The van der Waals surface area contributed by atoms with E-state index in [2.05, 4.69) is 19.4 Å². The van der Waals surface area contributed by atoms with Gasteiger partial charge in [0.2, 0.25) is 11.8 Å². The molecule has 0 unspecified atom stereocenters. The van der Waals surface area contributed by atoms with Gasteiger partial charge in [-0.3, -0.25) is 9.69 Å². The zero-order valence-electron chi connectivity index (χ0n) is 19.1. The first kappa shape index (κ1) is 25.7. The number of alkyl halides is 3. The lowest BCUT2D eigenvalue weighted by molar-refractivity contribution is -0.116. The van der Waals surface area contributed by atoms with Gasteiger partial charge in [-0.1, -0.05) is 18.2 Å². The first-order valence-electron chi connectivity index (χ1n) is 11.3. The molecule has 0 saturated heterocycles. The summed E-state index contributed by atoms with van der Waals surface area (Å²) in [6, 6.07) is 11.5. The maximum atomic E-state index is 12.6. The van der Waals surface area contributed by atoms with Gasteiger partial charge in [-0.15, -0.1) is 0 Å². The molecule has 1 amide bonds. The standard InChI is InChI=1S/C24H24F3N3O5S/c25-24(26,27)36(32,33)35-19-8-7-17-11-14-30(16-18(17)15-19)13-4-3-12-28-22(31)9-10-23-29-20-5-1-2-6-21(20)34-23/h1-2,5-10,15H,3-4,11-14,16H2,(H,28,31)/b10-9+. The summed E-state index contributed by atoms with van der Waals surface area (Å²) in [5.41, 5.74) is -2.44. The van der Waals surface area contributed by atoms with E-state index in [0.717, 1.165) is 37.1 Å². The van der Waals surface area contributed by atoms with Gasteiger partial charge in [0.15, 0.2) is 5.58 Å². The van der Waals surface area contributed by atoms with E-state index in [9.17, 15) is 26.4 Å². The minimum atomic E-state index is -5.71. The highest BCUT2D eigenvalue weighted by Crippen LogP contribution is 2.29. The van der Waals surface area contributed by atoms with Crippen molar-refractivity contribution in [3.63, 3.8) is 0 Å². The van der Waals surface area contributed by atoms with Crippen LogP contribution in [0, 0.1) is 0 Å². The van der Waals surface area contributed by atoms with Gasteiger partial charge in [-0.25, -0.2) is 4.98 Å². The van der Waals surface area contributed by atoms with Gasteiger partial charge in [0, 0.05) is 31.8 Å². The Bertz CT molecular complexity index is 1340. The predicted molar refractivity (Wildman–Crippen MR) is 126 cm³/mol. The zero-order chi connectivity index (χ0) is 25.8. The summed E-state index contributed by atoms with van der Waals surface area (Å²) in [6.45, 7) is 2.44. The molecule has 0 saturated carbocycles. The molecule has 0 spiro atoms. The molecule has 1 aliphatic rings. The number of nitrogens with one attached hydrogen (secondary N) is 1. The molecule has 2 heterocycles. The maximum absolute atomic E-state index is 12.6.